The number of piperidine rings is 1. The quantitative estimate of drug-likeness (QED) is 0.733. The highest BCUT2D eigenvalue weighted by Crippen LogP contribution is 2.27. The fourth-order valence-electron chi connectivity index (χ4n) is 3.16. The highest BCUT2D eigenvalue weighted by atomic mass is 16.2. The van der Waals surface area contributed by atoms with Crippen LogP contribution in [-0.2, 0) is 0 Å². The number of para-hydroxylation sites is 1. The van der Waals surface area contributed by atoms with Gasteiger partial charge in [0.05, 0.1) is 11.6 Å². The number of rotatable bonds is 2. The Morgan fingerprint density at radius 2 is 1.87 bits per heavy atom. The first-order valence-corrected chi connectivity index (χ1v) is 7.74. The third kappa shape index (κ3) is 2.39. The maximum Gasteiger partial charge on any atom is 0.334 e. The van der Waals surface area contributed by atoms with Gasteiger partial charge in [0.2, 0.25) is 0 Å². The van der Waals surface area contributed by atoms with Gasteiger partial charge in [-0.25, -0.2) is 4.79 Å². The van der Waals surface area contributed by atoms with Gasteiger partial charge in [-0.05, 0) is 38.1 Å². The Labute approximate surface area is 131 Å². The summed E-state index contributed by atoms with van der Waals surface area (Å²) >= 11 is 0. The SMILES string of the molecule is O=c1ccn(-c2nn(C3CCNCC3)c3ccccc23)c(=O)[nH]1. The second-order valence-electron chi connectivity index (χ2n) is 5.75. The van der Waals surface area contributed by atoms with Crippen molar-refractivity contribution in [2.24, 2.45) is 0 Å². The molecule has 0 spiro atoms. The first-order valence-electron chi connectivity index (χ1n) is 7.74. The first-order chi connectivity index (χ1) is 11.2. The summed E-state index contributed by atoms with van der Waals surface area (Å²) in [6.45, 7) is 1.93. The predicted molar refractivity (Wildman–Crippen MR) is 87.1 cm³/mol. The summed E-state index contributed by atoms with van der Waals surface area (Å²) in [5, 5.41) is 8.96. The molecule has 1 aromatic carbocycles. The van der Waals surface area contributed by atoms with Crippen molar-refractivity contribution in [1.29, 1.82) is 0 Å². The molecule has 0 bridgehead atoms. The van der Waals surface area contributed by atoms with Crippen LogP contribution >= 0.6 is 0 Å². The Morgan fingerprint density at radius 3 is 2.65 bits per heavy atom. The third-order valence-electron chi connectivity index (χ3n) is 4.30. The van der Waals surface area contributed by atoms with E-state index in [1.54, 1.807) is 0 Å². The smallest absolute Gasteiger partial charge is 0.317 e. The molecule has 1 fully saturated rings. The van der Waals surface area contributed by atoms with Crippen molar-refractivity contribution >= 4 is 10.9 Å². The Balaban J connectivity index is 1.93. The number of aromatic nitrogens is 4. The summed E-state index contributed by atoms with van der Waals surface area (Å²) in [5.41, 5.74) is 0.124. The van der Waals surface area contributed by atoms with Crippen LogP contribution in [0.25, 0.3) is 16.7 Å². The predicted octanol–water partition coefficient (Wildman–Crippen LogP) is 0.800. The molecule has 2 N–H and O–H groups in total. The lowest BCUT2D eigenvalue weighted by atomic mass is 10.1. The van der Waals surface area contributed by atoms with E-state index in [2.05, 4.69) is 10.3 Å². The second kappa shape index (κ2) is 5.51. The molecule has 2 aromatic heterocycles. The summed E-state index contributed by atoms with van der Waals surface area (Å²) in [5.74, 6) is 0.556. The number of hydrogen-bond donors (Lipinski definition) is 2. The van der Waals surface area contributed by atoms with Crippen LogP contribution in [0.3, 0.4) is 0 Å². The minimum absolute atomic E-state index is 0.313. The molecule has 3 aromatic rings. The average Bonchev–Trinajstić information content (AvgIpc) is 2.95. The zero-order valence-electron chi connectivity index (χ0n) is 12.5. The minimum Gasteiger partial charge on any atom is -0.317 e. The van der Waals surface area contributed by atoms with Gasteiger partial charge in [-0.2, -0.15) is 5.10 Å². The van der Waals surface area contributed by atoms with Crippen molar-refractivity contribution in [1.82, 2.24) is 24.6 Å². The molecule has 4 rings (SSSR count). The van der Waals surface area contributed by atoms with E-state index in [0.29, 0.717) is 11.9 Å². The van der Waals surface area contributed by atoms with Gasteiger partial charge in [0, 0.05) is 17.6 Å². The van der Waals surface area contributed by atoms with Crippen LogP contribution in [0.4, 0.5) is 0 Å². The van der Waals surface area contributed by atoms with Crippen molar-refractivity contribution in [3.8, 4) is 5.82 Å². The number of hydrogen-bond acceptors (Lipinski definition) is 4. The average molecular weight is 311 g/mol. The molecule has 23 heavy (non-hydrogen) atoms. The Hall–Kier alpha value is -2.67. The fraction of sp³-hybridized carbons (Fsp3) is 0.312. The number of benzene rings is 1. The van der Waals surface area contributed by atoms with Crippen LogP contribution < -0.4 is 16.6 Å². The summed E-state index contributed by atoms with van der Waals surface area (Å²) in [4.78, 5) is 25.7. The van der Waals surface area contributed by atoms with Gasteiger partial charge in [0.1, 0.15) is 0 Å². The van der Waals surface area contributed by atoms with E-state index in [-0.39, 0.29) is 0 Å². The lowest BCUT2D eigenvalue weighted by Crippen LogP contribution is -2.30. The van der Waals surface area contributed by atoms with Gasteiger partial charge in [0.15, 0.2) is 5.82 Å². The van der Waals surface area contributed by atoms with E-state index in [1.807, 2.05) is 28.9 Å². The Morgan fingerprint density at radius 1 is 1.09 bits per heavy atom. The van der Waals surface area contributed by atoms with E-state index in [1.165, 1.54) is 16.8 Å². The van der Waals surface area contributed by atoms with Crippen LogP contribution in [0.15, 0.2) is 46.1 Å². The van der Waals surface area contributed by atoms with Gasteiger partial charge in [-0.1, -0.05) is 12.1 Å². The number of nitrogens with zero attached hydrogens (tertiary/aromatic N) is 3. The van der Waals surface area contributed by atoms with E-state index >= 15 is 0 Å². The first kappa shape index (κ1) is 14.0. The summed E-state index contributed by atoms with van der Waals surface area (Å²) in [7, 11) is 0. The van der Waals surface area contributed by atoms with Crippen LogP contribution in [0.2, 0.25) is 0 Å². The molecule has 0 amide bonds. The molecular weight excluding hydrogens is 294 g/mol. The van der Waals surface area contributed by atoms with E-state index in [0.717, 1.165) is 36.8 Å². The lowest BCUT2D eigenvalue weighted by molar-refractivity contribution is 0.350. The molecule has 7 heteroatoms. The molecule has 118 valence electrons. The van der Waals surface area contributed by atoms with E-state index in [4.69, 9.17) is 5.10 Å². The van der Waals surface area contributed by atoms with Gasteiger partial charge in [-0.15, -0.1) is 0 Å². The normalized spacial score (nSPS) is 16.0. The molecule has 3 heterocycles. The molecule has 0 saturated carbocycles. The van der Waals surface area contributed by atoms with Crippen molar-refractivity contribution < 1.29 is 0 Å². The molecule has 1 saturated heterocycles. The Kier molecular flexibility index (Phi) is 3.34. The largest absolute Gasteiger partial charge is 0.334 e. The number of aromatic amines is 1. The van der Waals surface area contributed by atoms with Crippen molar-refractivity contribution in [3.63, 3.8) is 0 Å². The standard InChI is InChI=1S/C16H17N5O2/c22-14-7-10-20(16(23)18-14)15-12-3-1-2-4-13(12)21(19-15)11-5-8-17-9-6-11/h1-4,7,10-11,17H,5-6,8-9H2,(H,18,22,23). The minimum atomic E-state index is -0.474. The second-order valence-corrected chi connectivity index (χ2v) is 5.75. The van der Waals surface area contributed by atoms with Crippen LogP contribution in [0, 0.1) is 0 Å². The zero-order valence-corrected chi connectivity index (χ0v) is 12.5. The maximum atomic E-state index is 12.1. The van der Waals surface area contributed by atoms with Gasteiger partial charge in [-0.3, -0.25) is 19.0 Å². The highest BCUT2D eigenvalue weighted by molar-refractivity contribution is 5.86. The molecule has 0 aliphatic carbocycles. The van der Waals surface area contributed by atoms with Crippen molar-refractivity contribution in [3.05, 3.63) is 57.4 Å². The summed E-state index contributed by atoms with van der Waals surface area (Å²) in [6, 6.07) is 9.52. The Bertz CT molecular complexity index is 962. The van der Waals surface area contributed by atoms with Crippen LogP contribution in [0.5, 0.6) is 0 Å². The van der Waals surface area contributed by atoms with Crippen molar-refractivity contribution in [2.75, 3.05) is 13.1 Å². The van der Waals surface area contributed by atoms with Gasteiger partial charge in [0.25, 0.3) is 5.56 Å². The highest BCUT2D eigenvalue weighted by Gasteiger charge is 2.21. The number of H-pyrrole nitrogens is 1. The summed E-state index contributed by atoms with van der Waals surface area (Å²) in [6.07, 6.45) is 3.49. The van der Waals surface area contributed by atoms with Crippen LogP contribution in [-0.4, -0.2) is 32.4 Å². The molecule has 7 nitrogen and oxygen atoms in total. The molecule has 1 aliphatic heterocycles. The van der Waals surface area contributed by atoms with Crippen LogP contribution in [0.1, 0.15) is 18.9 Å². The third-order valence-corrected chi connectivity index (χ3v) is 4.30. The van der Waals surface area contributed by atoms with Gasteiger partial charge < -0.3 is 5.32 Å². The molecule has 0 unspecified atom stereocenters. The zero-order chi connectivity index (χ0) is 15.8. The number of nitrogens with one attached hydrogen (secondary N) is 2. The topological polar surface area (TPSA) is 84.7 Å². The van der Waals surface area contributed by atoms with Gasteiger partial charge >= 0.3 is 5.69 Å². The molecule has 0 atom stereocenters. The summed E-state index contributed by atoms with van der Waals surface area (Å²) < 4.78 is 3.41. The molecule has 1 aliphatic rings. The van der Waals surface area contributed by atoms with E-state index < -0.39 is 11.2 Å². The monoisotopic (exact) mass is 311 g/mol. The lowest BCUT2D eigenvalue weighted by Gasteiger charge is -2.23. The fourth-order valence-corrected chi connectivity index (χ4v) is 3.16. The molecular formula is C16H17N5O2. The maximum absolute atomic E-state index is 12.1. The molecule has 0 radical (unpaired) electrons. The van der Waals surface area contributed by atoms with E-state index in [9.17, 15) is 9.59 Å². The number of fused-ring (bicyclic) bond motifs is 1. The van der Waals surface area contributed by atoms with Crippen molar-refractivity contribution in [2.45, 2.75) is 18.9 Å².